The molecule has 0 saturated carbocycles. The summed E-state index contributed by atoms with van der Waals surface area (Å²) in [6, 6.07) is 6.58. The van der Waals surface area contributed by atoms with Gasteiger partial charge in [0.25, 0.3) is 0 Å². The highest BCUT2D eigenvalue weighted by Gasteiger charge is 2.34. The van der Waals surface area contributed by atoms with Gasteiger partial charge in [-0.1, -0.05) is 13.0 Å². The Kier molecular flexibility index (Phi) is 9.81. The third-order valence-corrected chi connectivity index (χ3v) is 7.71. The molecule has 0 aliphatic heterocycles. The molecule has 228 valence electrons. The van der Waals surface area contributed by atoms with E-state index in [4.69, 9.17) is 4.74 Å². The van der Waals surface area contributed by atoms with Crippen LogP contribution in [0.3, 0.4) is 0 Å². The second-order valence-electron chi connectivity index (χ2n) is 10.6. The third kappa shape index (κ3) is 7.19. The molecule has 1 aromatic carbocycles. The molecule has 4 aromatic rings. The zero-order valence-electron chi connectivity index (χ0n) is 24.6. The fourth-order valence-electron chi connectivity index (χ4n) is 4.96. The number of rotatable bonds is 11. The number of fused-ring (bicyclic) bond motifs is 1. The zero-order valence-corrected chi connectivity index (χ0v) is 25.4. The second kappa shape index (κ2) is 13.2. The minimum atomic E-state index is -4.62. The topological polar surface area (TPSA) is 94.4 Å². The summed E-state index contributed by atoms with van der Waals surface area (Å²) in [7, 11) is 3.84. The molecule has 0 radical (unpaired) electrons. The third-order valence-electron chi connectivity index (χ3n) is 6.84. The van der Waals surface area contributed by atoms with E-state index in [9.17, 15) is 27.6 Å². The van der Waals surface area contributed by atoms with E-state index in [0.717, 1.165) is 16.7 Å². The average Bonchev–Trinajstić information content (AvgIpc) is 3.44. The number of hydrogen-bond acceptors (Lipinski definition) is 8. The molecular weight excluding hydrogens is 581 g/mol. The molecule has 0 amide bonds. The highest BCUT2D eigenvalue weighted by molar-refractivity contribution is 7.13. The minimum Gasteiger partial charge on any atom is -0.462 e. The van der Waals surface area contributed by atoms with E-state index in [1.54, 1.807) is 31.2 Å². The lowest BCUT2D eigenvalue weighted by Gasteiger charge is -2.23. The van der Waals surface area contributed by atoms with Gasteiger partial charge in [-0.2, -0.15) is 13.2 Å². The van der Waals surface area contributed by atoms with Gasteiger partial charge in [0.1, 0.15) is 16.4 Å². The van der Waals surface area contributed by atoms with E-state index in [-0.39, 0.29) is 40.8 Å². The number of likely N-dealkylation sites (N-methyl/N-ethyl adjacent to an activating group) is 1. The van der Waals surface area contributed by atoms with Crippen LogP contribution in [0.15, 0.2) is 46.8 Å². The van der Waals surface area contributed by atoms with Gasteiger partial charge in [0.2, 0.25) is 5.43 Å². The van der Waals surface area contributed by atoms with Crippen molar-refractivity contribution in [2.24, 2.45) is 0 Å². The van der Waals surface area contributed by atoms with Crippen molar-refractivity contribution in [2.75, 3.05) is 27.2 Å². The van der Waals surface area contributed by atoms with E-state index >= 15 is 0 Å². The van der Waals surface area contributed by atoms with E-state index in [0.29, 0.717) is 47.3 Å². The molecule has 1 unspecified atom stereocenters. The summed E-state index contributed by atoms with van der Waals surface area (Å²) in [5.41, 5.74) is 0.627. The summed E-state index contributed by atoms with van der Waals surface area (Å²) >= 11 is 0.831. The van der Waals surface area contributed by atoms with Gasteiger partial charge in [0.05, 0.1) is 12.1 Å². The summed E-state index contributed by atoms with van der Waals surface area (Å²) in [6.07, 6.45) is -0.556. The highest BCUT2D eigenvalue weighted by atomic mass is 32.1. The Morgan fingerprint density at radius 1 is 1.14 bits per heavy atom. The van der Waals surface area contributed by atoms with Crippen molar-refractivity contribution in [3.8, 4) is 21.7 Å². The number of Topliss-reactive ketones (excluding diaryl/α,β-unsaturated/α-hetero) is 1. The SMILES string of the molecule is CCCC(=O)Cc1cc(-c2nc(C(F)(F)F)cs2)c(-c2ccc3c(c2)c(=O)c(C(=O)OCC)cn3C(C)CN(C)C)cn1. The van der Waals surface area contributed by atoms with Gasteiger partial charge in [0, 0.05) is 65.4 Å². The zero-order chi connectivity index (χ0) is 31.5. The number of alkyl halides is 3. The van der Waals surface area contributed by atoms with Crippen molar-refractivity contribution in [2.45, 2.75) is 52.3 Å². The molecule has 0 bridgehead atoms. The Morgan fingerprint density at radius 2 is 1.88 bits per heavy atom. The molecule has 8 nitrogen and oxygen atoms in total. The van der Waals surface area contributed by atoms with E-state index in [1.807, 2.05) is 37.4 Å². The summed E-state index contributed by atoms with van der Waals surface area (Å²) in [4.78, 5) is 49.0. The average molecular weight is 615 g/mol. The lowest BCUT2D eigenvalue weighted by Crippen LogP contribution is -2.26. The van der Waals surface area contributed by atoms with Crippen LogP contribution in [0.2, 0.25) is 0 Å². The maximum Gasteiger partial charge on any atom is 0.434 e. The Labute approximate surface area is 251 Å². The van der Waals surface area contributed by atoms with Crippen LogP contribution < -0.4 is 5.43 Å². The standard InChI is InChI=1S/C31H33F3N4O4S/c1-6-8-21(39)12-20-13-22(29-36-27(17-43-29)31(32,33)34)24(14-35-20)19-9-10-26-23(11-19)28(40)25(30(41)42-7-2)16-38(26)18(3)15-37(4)5/h9-11,13-14,16-18H,6-8,12,15H2,1-5H3. The summed E-state index contributed by atoms with van der Waals surface area (Å²) in [5.74, 6) is -0.773. The van der Waals surface area contributed by atoms with Crippen LogP contribution in [0.4, 0.5) is 13.2 Å². The number of pyridine rings is 2. The van der Waals surface area contributed by atoms with Crippen molar-refractivity contribution >= 4 is 34.0 Å². The smallest absolute Gasteiger partial charge is 0.434 e. The van der Waals surface area contributed by atoms with E-state index in [1.165, 1.54) is 12.4 Å². The first-order chi connectivity index (χ1) is 20.3. The fraction of sp³-hybridized carbons (Fsp3) is 0.387. The van der Waals surface area contributed by atoms with Crippen LogP contribution in [0.25, 0.3) is 32.6 Å². The first-order valence-electron chi connectivity index (χ1n) is 13.9. The monoisotopic (exact) mass is 614 g/mol. The van der Waals surface area contributed by atoms with Crippen molar-refractivity contribution in [3.05, 3.63) is 69.2 Å². The first kappa shape index (κ1) is 32.0. The van der Waals surface area contributed by atoms with E-state index in [2.05, 4.69) is 9.97 Å². The summed E-state index contributed by atoms with van der Waals surface area (Å²) < 4.78 is 47.3. The van der Waals surface area contributed by atoms with Gasteiger partial charge < -0.3 is 14.2 Å². The summed E-state index contributed by atoms with van der Waals surface area (Å²) in [6.45, 7) is 6.23. The number of benzene rings is 1. The second-order valence-corrected chi connectivity index (χ2v) is 11.4. The highest BCUT2D eigenvalue weighted by Crippen LogP contribution is 2.38. The fourth-order valence-corrected chi connectivity index (χ4v) is 5.81. The lowest BCUT2D eigenvalue weighted by atomic mass is 9.97. The molecule has 3 heterocycles. The predicted octanol–water partition coefficient (Wildman–Crippen LogP) is 6.42. The van der Waals surface area contributed by atoms with Crippen molar-refractivity contribution < 1.29 is 27.5 Å². The molecule has 1 atom stereocenters. The number of halogens is 3. The predicted molar refractivity (Wildman–Crippen MR) is 160 cm³/mol. The first-order valence-corrected chi connectivity index (χ1v) is 14.8. The molecule has 3 aromatic heterocycles. The number of ketones is 1. The Morgan fingerprint density at radius 3 is 2.51 bits per heavy atom. The molecule has 0 spiro atoms. The molecule has 12 heteroatoms. The maximum absolute atomic E-state index is 13.6. The normalized spacial score (nSPS) is 12.6. The molecule has 0 fully saturated rings. The van der Waals surface area contributed by atoms with Crippen LogP contribution in [0.5, 0.6) is 0 Å². The van der Waals surface area contributed by atoms with Gasteiger partial charge in [0.15, 0.2) is 5.69 Å². The van der Waals surface area contributed by atoms with Crippen LogP contribution in [0, 0.1) is 0 Å². The lowest BCUT2D eigenvalue weighted by molar-refractivity contribution is -0.140. The quantitative estimate of drug-likeness (QED) is 0.180. The maximum atomic E-state index is 13.6. The number of esters is 1. The number of carbonyl (C=O) groups is 2. The van der Waals surface area contributed by atoms with Gasteiger partial charge in [-0.05, 0) is 58.1 Å². The van der Waals surface area contributed by atoms with Crippen LogP contribution in [-0.2, 0) is 22.1 Å². The molecule has 0 aliphatic rings. The van der Waals surface area contributed by atoms with Crippen LogP contribution in [-0.4, -0.2) is 58.4 Å². The molecule has 4 rings (SSSR count). The summed E-state index contributed by atoms with van der Waals surface area (Å²) in [5, 5.41) is 1.29. The van der Waals surface area contributed by atoms with Crippen molar-refractivity contribution in [1.29, 1.82) is 0 Å². The Balaban J connectivity index is 1.94. The Bertz CT molecular complexity index is 1710. The van der Waals surface area contributed by atoms with Gasteiger partial charge in [-0.25, -0.2) is 9.78 Å². The number of ether oxygens (including phenoxy) is 1. The molecule has 0 aliphatic carbocycles. The molecule has 0 N–H and O–H groups in total. The van der Waals surface area contributed by atoms with Crippen molar-refractivity contribution in [3.63, 3.8) is 0 Å². The van der Waals surface area contributed by atoms with Crippen LogP contribution >= 0.6 is 11.3 Å². The van der Waals surface area contributed by atoms with Crippen molar-refractivity contribution in [1.82, 2.24) is 19.4 Å². The number of nitrogens with zero attached hydrogens (tertiary/aromatic N) is 4. The van der Waals surface area contributed by atoms with Crippen LogP contribution in [0.1, 0.15) is 61.4 Å². The number of thiazole rings is 1. The number of hydrogen-bond donors (Lipinski definition) is 0. The van der Waals surface area contributed by atoms with E-state index < -0.39 is 23.3 Å². The van der Waals surface area contributed by atoms with Gasteiger partial charge >= 0.3 is 12.1 Å². The molecular formula is C31H33F3N4O4S. The largest absolute Gasteiger partial charge is 0.462 e. The molecule has 0 saturated heterocycles. The van der Waals surface area contributed by atoms with Gasteiger partial charge in [-0.15, -0.1) is 11.3 Å². The Hall–Kier alpha value is -3.90. The van der Waals surface area contributed by atoms with Gasteiger partial charge in [-0.3, -0.25) is 14.6 Å². The molecule has 43 heavy (non-hydrogen) atoms. The number of aromatic nitrogens is 3. The number of carbonyl (C=O) groups excluding carboxylic acids is 2. The minimum absolute atomic E-state index is 0.0339.